The zero-order valence-corrected chi connectivity index (χ0v) is 7.96. The number of fused-ring (bicyclic) bond motifs is 1. The average molecular weight is 220 g/mol. The van der Waals surface area contributed by atoms with Crippen LogP contribution in [0.2, 0.25) is 0 Å². The van der Waals surface area contributed by atoms with Crippen LogP contribution < -0.4 is 5.73 Å². The number of halogens is 3. The number of aromatic nitrogens is 3. The van der Waals surface area contributed by atoms with E-state index < -0.39 is 12.1 Å². The Hall–Kier alpha value is -1.11. The van der Waals surface area contributed by atoms with Gasteiger partial charge in [0.15, 0.2) is 0 Å². The molecule has 2 N–H and O–H groups in total. The molecule has 1 aromatic heterocycles. The maximum Gasteiger partial charge on any atom is 0.392 e. The Morgan fingerprint density at radius 3 is 2.73 bits per heavy atom. The quantitative estimate of drug-likeness (QED) is 0.763. The fraction of sp³-hybridized carbons (Fsp3) is 0.750. The summed E-state index contributed by atoms with van der Waals surface area (Å²) in [5.41, 5.74) is 5.39. The van der Waals surface area contributed by atoms with Gasteiger partial charge in [-0.2, -0.15) is 13.2 Å². The van der Waals surface area contributed by atoms with Crippen molar-refractivity contribution in [1.29, 1.82) is 0 Å². The molecule has 1 aliphatic rings. The molecule has 0 saturated heterocycles. The zero-order chi connectivity index (χ0) is 11.1. The summed E-state index contributed by atoms with van der Waals surface area (Å²) in [6, 6.07) is 0. The first kappa shape index (κ1) is 10.4. The molecule has 15 heavy (non-hydrogen) atoms. The summed E-state index contributed by atoms with van der Waals surface area (Å²) >= 11 is 0. The molecule has 2 heterocycles. The average Bonchev–Trinajstić information content (AvgIpc) is 2.58. The minimum Gasteiger partial charge on any atom is -0.324 e. The maximum absolute atomic E-state index is 12.4. The molecule has 0 aliphatic carbocycles. The number of rotatable bonds is 1. The van der Waals surface area contributed by atoms with Crippen molar-refractivity contribution in [2.75, 3.05) is 0 Å². The van der Waals surface area contributed by atoms with Crippen LogP contribution in [0, 0.1) is 5.92 Å². The highest BCUT2D eigenvalue weighted by molar-refractivity contribution is 5.01. The van der Waals surface area contributed by atoms with Gasteiger partial charge in [-0.1, -0.05) is 0 Å². The normalized spacial score (nSPS) is 21.5. The summed E-state index contributed by atoms with van der Waals surface area (Å²) < 4.78 is 39.0. The van der Waals surface area contributed by atoms with Gasteiger partial charge in [0.1, 0.15) is 11.6 Å². The molecule has 0 unspecified atom stereocenters. The van der Waals surface area contributed by atoms with Crippen LogP contribution in [0.1, 0.15) is 18.1 Å². The van der Waals surface area contributed by atoms with Gasteiger partial charge in [0.05, 0.1) is 12.5 Å². The first-order valence-corrected chi connectivity index (χ1v) is 4.70. The summed E-state index contributed by atoms with van der Waals surface area (Å²) in [6.07, 6.45) is -4.14. The Bertz CT molecular complexity index is 357. The Morgan fingerprint density at radius 1 is 1.40 bits per heavy atom. The smallest absolute Gasteiger partial charge is 0.324 e. The fourth-order valence-corrected chi connectivity index (χ4v) is 1.82. The molecule has 2 rings (SSSR count). The van der Waals surface area contributed by atoms with Gasteiger partial charge in [0.2, 0.25) is 0 Å². The Morgan fingerprint density at radius 2 is 2.13 bits per heavy atom. The van der Waals surface area contributed by atoms with Crippen molar-refractivity contribution >= 4 is 0 Å². The van der Waals surface area contributed by atoms with E-state index in [1.54, 1.807) is 4.57 Å². The second-order valence-corrected chi connectivity index (χ2v) is 3.62. The van der Waals surface area contributed by atoms with Crippen LogP contribution in [-0.2, 0) is 19.5 Å². The number of hydrogen-bond donors (Lipinski definition) is 1. The Balaban J connectivity index is 2.21. The molecule has 4 nitrogen and oxygen atoms in total. The topological polar surface area (TPSA) is 56.7 Å². The van der Waals surface area contributed by atoms with Crippen molar-refractivity contribution in [3.05, 3.63) is 11.6 Å². The summed E-state index contributed by atoms with van der Waals surface area (Å²) in [7, 11) is 0. The van der Waals surface area contributed by atoms with Gasteiger partial charge >= 0.3 is 6.18 Å². The molecule has 0 saturated carbocycles. The predicted molar refractivity (Wildman–Crippen MR) is 45.8 cm³/mol. The summed E-state index contributed by atoms with van der Waals surface area (Å²) in [5, 5.41) is 7.48. The largest absolute Gasteiger partial charge is 0.392 e. The van der Waals surface area contributed by atoms with Crippen LogP contribution in [0.3, 0.4) is 0 Å². The molecule has 0 amide bonds. The van der Waals surface area contributed by atoms with Crippen molar-refractivity contribution in [1.82, 2.24) is 14.8 Å². The molecule has 1 aromatic rings. The SMILES string of the molecule is NCc1nnc2n1CC[C@H](C(F)(F)F)C2. The minimum absolute atomic E-state index is 0.0849. The monoisotopic (exact) mass is 220 g/mol. The number of nitrogens with zero attached hydrogens (tertiary/aromatic N) is 3. The van der Waals surface area contributed by atoms with E-state index in [0.29, 0.717) is 18.2 Å². The molecule has 1 aliphatic heterocycles. The van der Waals surface area contributed by atoms with Crippen molar-refractivity contribution in [2.24, 2.45) is 11.7 Å². The van der Waals surface area contributed by atoms with Gasteiger partial charge in [-0.3, -0.25) is 0 Å². The highest BCUT2D eigenvalue weighted by atomic mass is 19.4. The molecule has 1 atom stereocenters. The van der Waals surface area contributed by atoms with Crippen LogP contribution in [0.4, 0.5) is 13.2 Å². The molecule has 0 aromatic carbocycles. The van der Waals surface area contributed by atoms with Crippen molar-refractivity contribution < 1.29 is 13.2 Å². The summed E-state index contributed by atoms with van der Waals surface area (Å²) in [6.45, 7) is 0.517. The second-order valence-electron chi connectivity index (χ2n) is 3.62. The molecule has 0 spiro atoms. The lowest BCUT2D eigenvalue weighted by Crippen LogP contribution is -2.31. The lowest BCUT2D eigenvalue weighted by atomic mass is 9.97. The van der Waals surface area contributed by atoms with Crippen LogP contribution in [0.25, 0.3) is 0 Å². The van der Waals surface area contributed by atoms with Crippen molar-refractivity contribution in [2.45, 2.75) is 32.1 Å². The van der Waals surface area contributed by atoms with Crippen molar-refractivity contribution in [3.8, 4) is 0 Å². The van der Waals surface area contributed by atoms with E-state index in [0.717, 1.165) is 0 Å². The lowest BCUT2D eigenvalue weighted by Gasteiger charge is -2.25. The van der Waals surface area contributed by atoms with Crippen LogP contribution in [0.15, 0.2) is 0 Å². The number of hydrogen-bond acceptors (Lipinski definition) is 3. The van der Waals surface area contributed by atoms with Crippen LogP contribution in [0.5, 0.6) is 0 Å². The highest BCUT2D eigenvalue weighted by Crippen LogP contribution is 2.34. The van der Waals surface area contributed by atoms with Gasteiger partial charge in [-0.25, -0.2) is 0 Å². The first-order valence-electron chi connectivity index (χ1n) is 4.70. The third kappa shape index (κ3) is 1.83. The molecule has 0 fully saturated rings. The molecule has 84 valence electrons. The number of nitrogens with two attached hydrogens (primary N) is 1. The lowest BCUT2D eigenvalue weighted by molar-refractivity contribution is -0.179. The van der Waals surface area contributed by atoms with E-state index in [9.17, 15) is 13.2 Å². The molecular formula is C8H11F3N4. The van der Waals surface area contributed by atoms with Crippen molar-refractivity contribution in [3.63, 3.8) is 0 Å². The van der Waals surface area contributed by atoms with Gasteiger partial charge < -0.3 is 10.3 Å². The summed E-state index contributed by atoms with van der Waals surface area (Å²) in [5.74, 6) is -0.338. The van der Waals surface area contributed by atoms with E-state index in [-0.39, 0.29) is 19.4 Å². The third-order valence-electron chi connectivity index (χ3n) is 2.68. The van der Waals surface area contributed by atoms with E-state index in [2.05, 4.69) is 10.2 Å². The Kier molecular flexibility index (Phi) is 2.41. The fourth-order valence-electron chi connectivity index (χ4n) is 1.82. The second kappa shape index (κ2) is 3.48. The predicted octanol–water partition coefficient (Wildman–Crippen LogP) is 0.861. The van der Waals surface area contributed by atoms with Gasteiger partial charge in [-0.15, -0.1) is 10.2 Å². The zero-order valence-electron chi connectivity index (χ0n) is 7.96. The molecule has 0 bridgehead atoms. The minimum atomic E-state index is -4.14. The van der Waals surface area contributed by atoms with Gasteiger partial charge in [-0.05, 0) is 6.42 Å². The van der Waals surface area contributed by atoms with Crippen LogP contribution >= 0.6 is 0 Å². The van der Waals surface area contributed by atoms with Gasteiger partial charge in [0.25, 0.3) is 0 Å². The Labute approximate surface area is 84.3 Å². The van der Waals surface area contributed by atoms with Crippen LogP contribution in [-0.4, -0.2) is 20.9 Å². The van der Waals surface area contributed by atoms with E-state index >= 15 is 0 Å². The molecular weight excluding hydrogens is 209 g/mol. The maximum atomic E-state index is 12.4. The highest BCUT2D eigenvalue weighted by Gasteiger charge is 2.42. The van der Waals surface area contributed by atoms with Gasteiger partial charge in [0, 0.05) is 13.0 Å². The third-order valence-corrected chi connectivity index (χ3v) is 2.68. The first-order chi connectivity index (χ1) is 7.02. The molecule has 0 radical (unpaired) electrons. The number of alkyl halides is 3. The molecule has 7 heteroatoms. The van der Waals surface area contributed by atoms with E-state index in [4.69, 9.17) is 5.73 Å². The standard InChI is InChI=1S/C8H11F3N4/c9-8(10,11)5-1-2-15-6(3-5)13-14-7(15)4-12/h5H,1-4,12H2/t5-/m0/s1. The van der Waals surface area contributed by atoms with E-state index in [1.807, 2.05) is 0 Å². The van der Waals surface area contributed by atoms with E-state index in [1.165, 1.54) is 0 Å². The summed E-state index contributed by atoms with van der Waals surface area (Å²) in [4.78, 5) is 0.